The van der Waals surface area contributed by atoms with E-state index < -0.39 is 10.0 Å². The predicted octanol–water partition coefficient (Wildman–Crippen LogP) is 1.11. The van der Waals surface area contributed by atoms with Crippen molar-refractivity contribution in [3.05, 3.63) is 28.8 Å². The highest BCUT2D eigenvalue weighted by Gasteiger charge is 2.17. The minimum absolute atomic E-state index is 0.0536. The van der Waals surface area contributed by atoms with Gasteiger partial charge in [-0.2, -0.15) is 0 Å². The number of hydrogen-bond donors (Lipinski definition) is 2. The Hall–Kier alpha value is -0.660. The Bertz CT molecular complexity index is 491. The molecular formula is C11H17ClN2O3S. The average molecular weight is 293 g/mol. The van der Waals surface area contributed by atoms with Crippen molar-refractivity contribution < 1.29 is 13.2 Å². The van der Waals surface area contributed by atoms with Gasteiger partial charge < -0.3 is 10.5 Å². The van der Waals surface area contributed by atoms with Gasteiger partial charge in [0.15, 0.2) is 0 Å². The van der Waals surface area contributed by atoms with Gasteiger partial charge in [-0.25, -0.2) is 13.1 Å². The lowest BCUT2D eigenvalue weighted by atomic mass is 10.2. The Morgan fingerprint density at radius 1 is 1.44 bits per heavy atom. The number of ether oxygens (including phenoxy) is 1. The average Bonchev–Trinajstić information content (AvgIpc) is 2.34. The lowest BCUT2D eigenvalue weighted by Gasteiger charge is -2.09. The zero-order chi connectivity index (χ0) is 13.6. The molecule has 0 bridgehead atoms. The number of nitrogens with one attached hydrogen (secondary N) is 1. The molecule has 102 valence electrons. The van der Waals surface area contributed by atoms with Crippen LogP contribution in [0.5, 0.6) is 0 Å². The van der Waals surface area contributed by atoms with Crippen LogP contribution in [0.1, 0.15) is 12.5 Å². The van der Waals surface area contributed by atoms with Crippen molar-refractivity contribution in [3.8, 4) is 0 Å². The van der Waals surface area contributed by atoms with Gasteiger partial charge in [-0.05, 0) is 24.6 Å². The van der Waals surface area contributed by atoms with E-state index in [1.54, 1.807) is 12.1 Å². The number of rotatable bonds is 7. The Morgan fingerprint density at radius 2 is 2.17 bits per heavy atom. The van der Waals surface area contributed by atoms with Crippen molar-refractivity contribution in [2.24, 2.45) is 5.73 Å². The first kappa shape index (κ1) is 15.4. The van der Waals surface area contributed by atoms with Crippen LogP contribution in [0.2, 0.25) is 5.02 Å². The van der Waals surface area contributed by atoms with Gasteiger partial charge in [-0.1, -0.05) is 17.7 Å². The summed E-state index contributed by atoms with van der Waals surface area (Å²) < 4.78 is 31.3. The van der Waals surface area contributed by atoms with E-state index in [2.05, 4.69) is 4.72 Å². The molecule has 7 heteroatoms. The normalized spacial score (nSPS) is 11.7. The first-order valence-electron chi connectivity index (χ1n) is 5.57. The Balaban J connectivity index is 2.78. The second-order valence-electron chi connectivity index (χ2n) is 3.56. The molecule has 0 atom stereocenters. The maximum Gasteiger partial charge on any atom is 0.242 e. The van der Waals surface area contributed by atoms with Crippen molar-refractivity contribution in [2.45, 2.75) is 18.4 Å². The summed E-state index contributed by atoms with van der Waals surface area (Å²) in [6.45, 7) is 3.25. The summed E-state index contributed by atoms with van der Waals surface area (Å²) in [5, 5.41) is 0.168. The molecule has 3 N–H and O–H groups in total. The van der Waals surface area contributed by atoms with Crippen LogP contribution in [0, 0.1) is 0 Å². The second-order valence-corrected chi connectivity index (χ2v) is 5.71. The Kier molecular flexibility index (Phi) is 6.04. The summed E-state index contributed by atoms with van der Waals surface area (Å²) >= 11 is 5.93. The van der Waals surface area contributed by atoms with Gasteiger partial charge in [0.2, 0.25) is 10.0 Å². The zero-order valence-corrected chi connectivity index (χ0v) is 11.7. The van der Waals surface area contributed by atoms with Crippen LogP contribution in [-0.4, -0.2) is 28.2 Å². The first-order valence-corrected chi connectivity index (χ1v) is 7.43. The first-order chi connectivity index (χ1) is 8.51. The summed E-state index contributed by atoms with van der Waals surface area (Å²) in [7, 11) is -3.60. The fourth-order valence-electron chi connectivity index (χ4n) is 1.36. The summed E-state index contributed by atoms with van der Waals surface area (Å²) in [5.74, 6) is 0. The standard InChI is InChI=1S/C11H17ClN2O3S/c1-2-17-6-5-14-18(15,16)11-4-3-9(8-13)7-10(11)12/h3-4,7,14H,2,5-6,8,13H2,1H3. The second kappa shape index (κ2) is 7.06. The smallest absolute Gasteiger partial charge is 0.242 e. The molecule has 18 heavy (non-hydrogen) atoms. The molecule has 0 radical (unpaired) electrons. The van der Waals surface area contributed by atoms with Crippen molar-refractivity contribution in [1.29, 1.82) is 0 Å². The SMILES string of the molecule is CCOCCNS(=O)(=O)c1ccc(CN)cc1Cl. The molecule has 0 aliphatic carbocycles. The molecule has 1 rings (SSSR count). The lowest BCUT2D eigenvalue weighted by molar-refractivity contribution is 0.153. The van der Waals surface area contributed by atoms with Crippen molar-refractivity contribution in [2.75, 3.05) is 19.8 Å². The molecule has 0 fully saturated rings. The van der Waals surface area contributed by atoms with Crippen molar-refractivity contribution >= 4 is 21.6 Å². The quantitative estimate of drug-likeness (QED) is 0.738. The largest absolute Gasteiger partial charge is 0.380 e. The molecule has 0 saturated heterocycles. The molecule has 1 aromatic rings. The maximum absolute atomic E-state index is 11.9. The highest BCUT2D eigenvalue weighted by Crippen LogP contribution is 2.22. The molecule has 0 spiro atoms. The summed E-state index contributed by atoms with van der Waals surface area (Å²) in [6.07, 6.45) is 0. The minimum atomic E-state index is -3.60. The van der Waals surface area contributed by atoms with Crippen molar-refractivity contribution in [3.63, 3.8) is 0 Å². The number of benzene rings is 1. The molecule has 1 aromatic carbocycles. The maximum atomic E-state index is 11.9. The van der Waals surface area contributed by atoms with Crippen LogP contribution in [0.4, 0.5) is 0 Å². The topological polar surface area (TPSA) is 81.4 Å². The number of nitrogens with two attached hydrogens (primary N) is 1. The van der Waals surface area contributed by atoms with E-state index in [0.717, 1.165) is 5.56 Å². The monoisotopic (exact) mass is 292 g/mol. The van der Waals surface area contributed by atoms with E-state index in [9.17, 15) is 8.42 Å². The number of halogens is 1. The predicted molar refractivity (Wildman–Crippen MR) is 71.0 cm³/mol. The third-order valence-electron chi connectivity index (χ3n) is 2.26. The summed E-state index contributed by atoms with van der Waals surface area (Å²) in [5.41, 5.74) is 6.24. The highest BCUT2D eigenvalue weighted by atomic mass is 35.5. The van der Waals surface area contributed by atoms with Gasteiger partial charge in [-0.15, -0.1) is 0 Å². The van der Waals surface area contributed by atoms with Gasteiger partial charge in [0, 0.05) is 19.7 Å². The third-order valence-corrected chi connectivity index (χ3v) is 4.21. The van der Waals surface area contributed by atoms with E-state index in [0.29, 0.717) is 19.8 Å². The fraction of sp³-hybridized carbons (Fsp3) is 0.455. The number of hydrogen-bond acceptors (Lipinski definition) is 4. The van der Waals surface area contributed by atoms with Gasteiger partial charge in [0.25, 0.3) is 0 Å². The Morgan fingerprint density at radius 3 is 2.72 bits per heavy atom. The molecule has 0 amide bonds. The van der Waals surface area contributed by atoms with Crippen LogP contribution in [0.15, 0.2) is 23.1 Å². The van der Waals surface area contributed by atoms with Crippen LogP contribution in [0.3, 0.4) is 0 Å². The molecule has 0 aromatic heterocycles. The van der Waals surface area contributed by atoms with E-state index in [1.807, 2.05) is 6.92 Å². The highest BCUT2D eigenvalue weighted by molar-refractivity contribution is 7.89. The lowest BCUT2D eigenvalue weighted by Crippen LogP contribution is -2.27. The molecule has 0 aliphatic rings. The van der Waals surface area contributed by atoms with E-state index in [1.165, 1.54) is 6.07 Å². The van der Waals surface area contributed by atoms with Crippen molar-refractivity contribution in [1.82, 2.24) is 4.72 Å². The molecule has 0 aliphatic heterocycles. The molecule has 0 unspecified atom stereocenters. The molecule has 5 nitrogen and oxygen atoms in total. The van der Waals surface area contributed by atoms with Gasteiger partial charge in [-0.3, -0.25) is 0 Å². The zero-order valence-electron chi connectivity index (χ0n) is 10.1. The van der Waals surface area contributed by atoms with Crippen LogP contribution in [-0.2, 0) is 21.3 Å². The summed E-state index contributed by atoms with van der Waals surface area (Å²) in [6, 6.07) is 4.65. The van der Waals surface area contributed by atoms with E-state index >= 15 is 0 Å². The molecular weight excluding hydrogens is 276 g/mol. The summed E-state index contributed by atoms with van der Waals surface area (Å²) in [4.78, 5) is 0.0536. The van der Waals surface area contributed by atoms with Crippen LogP contribution < -0.4 is 10.5 Å². The minimum Gasteiger partial charge on any atom is -0.380 e. The third kappa shape index (κ3) is 4.22. The van der Waals surface area contributed by atoms with Gasteiger partial charge in [0.1, 0.15) is 4.90 Å². The Labute approximate surface area is 112 Å². The van der Waals surface area contributed by atoms with Gasteiger partial charge >= 0.3 is 0 Å². The van der Waals surface area contributed by atoms with E-state index in [4.69, 9.17) is 22.1 Å². The fourth-order valence-corrected chi connectivity index (χ4v) is 2.94. The number of sulfonamides is 1. The van der Waals surface area contributed by atoms with Gasteiger partial charge in [0.05, 0.1) is 11.6 Å². The molecule has 0 saturated carbocycles. The van der Waals surface area contributed by atoms with Crippen LogP contribution >= 0.6 is 11.6 Å². The van der Waals surface area contributed by atoms with Crippen LogP contribution in [0.25, 0.3) is 0 Å². The molecule has 0 heterocycles. The van der Waals surface area contributed by atoms with E-state index in [-0.39, 0.29) is 16.5 Å².